The van der Waals surface area contributed by atoms with E-state index in [4.69, 9.17) is 14.2 Å². The number of para-hydroxylation sites is 1. The molecule has 1 atom stereocenters. The van der Waals surface area contributed by atoms with Crippen molar-refractivity contribution >= 4 is 29.1 Å². The van der Waals surface area contributed by atoms with Gasteiger partial charge in [0.1, 0.15) is 6.61 Å². The highest BCUT2D eigenvalue weighted by atomic mass is 32.1. The van der Waals surface area contributed by atoms with Gasteiger partial charge < -0.3 is 14.2 Å². The highest BCUT2D eigenvalue weighted by Gasteiger charge is 2.34. The number of rotatable bonds is 11. The Labute approximate surface area is 257 Å². The number of hydrogen-bond acceptors (Lipinski definition) is 9. The van der Waals surface area contributed by atoms with E-state index in [2.05, 4.69) is 11.9 Å². The number of aromatic nitrogens is 1. The van der Waals surface area contributed by atoms with E-state index in [1.54, 1.807) is 43.3 Å². The topological polar surface area (TPSA) is 122 Å². The van der Waals surface area contributed by atoms with E-state index in [1.165, 1.54) is 23.8 Å². The number of thiazole rings is 1. The molecule has 0 spiro atoms. The minimum atomic E-state index is -0.902. The molecule has 226 valence electrons. The third-order valence-corrected chi connectivity index (χ3v) is 8.12. The van der Waals surface area contributed by atoms with Crippen LogP contribution >= 0.6 is 11.3 Å². The normalized spacial score (nSPS) is 14.5. The quantitative estimate of drug-likeness (QED) is 0.100. The third kappa shape index (κ3) is 6.32. The van der Waals surface area contributed by atoms with Crippen LogP contribution in [0.15, 0.2) is 93.9 Å². The summed E-state index contributed by atoms with van der Waals surface area (Å²) in [4.78, 5) is 43.8. The van der Waals surface area contributed by atoms with Gasteiger partial charge in [0.05, 0.1) is 46.0 Å². The largest absolute Gasteiger partial charge is 0.493 e. The Balaban J connectivity index is 1.64. The minimum absolute atomic E-state index is 0.0405. The van der Waals surface area contributed by atoms with Crippen LogP contribution in [0.25, 0.3) is 6.08 Å². The number of allylic oxidation sites excluding steroid dienone is 1. The van der Waals surface area contributed by atoms with Gasteiger partial charge in [0, 0.05) is 6.07 Å². The van der Waals surface area contributed by atoms with Crippen LogP contribution in [-0.4, -0.2) is 29.2 Å². The molecule has 0 amide bonds. The molecule has 0 N–H and O–H groups in total. The Morgan fingerprint density at radius 2 is 1.84 bits per heavy atom. The molecular weight excluding hydrogens is 582 g/mol. The molecule has 0 saturated heterocycles. The number of benzene rings is 3. The average Bonchev–Trinajstić information content (AvgIpc) is 3.33. The Morgan fingerprint density at radius 3 is 2.57 bits per heavy atom. The fourth-order valence-electron chi connectivity index (χ4n) is 4.92. The summed E-state index contributed by atoms with van der Waals surface area (Å²) in [6.45, 7) is 4.33. The summed E-state index contributed by atoms with van der Waals surface area (Å²) in [5.74, 6) is 0.380. The molecule has 0 bridgehead atoms. The molecule has 0 fully saturated rings. The zero-order valence-corrected chi connectivity index (χ0v) is 25.3. The molecule has 0 radical (unpaired) electrons. The second-order valence-corrected chi connectivity index (χ2v) is 11.1. The molecule has 10 nitrogen and oxygen atoms in total. The first kappa shape index (κ1) is 30.4. The zero-order chi connectivity index (χ0) is 31.2. The number of methoxy groups -OCH3 is 1. The van der Waals surface area contributed by atoms with Crippen molar-refractivity contribution < 1.29 is 23.9 Å². The summed E-state index contributed by atoms with van der Waals surface area (Å²) in [6.07, 6.45) is 3.33. The highest BCUT2D eigenvalue weighted by molar-refractivity contribution is 7.07. The van der Waals surface area contributed by atoms with E-state index in [0.717, 1.165) is 29.7 Å². The van der Waals surface area contributed by atoms with Gasteiger partial charge in [-0.25, -0.2) is 9.79 Å². The van der Waals surface area contributed by atoms with Crippen molar-refractivity contribution in [3.8, 4) is 11.5 Å². The lowest BCUT2D eigenvalue weighted by Crippen LogP contribution is -2.40. The monoisotopic (exact) mass is 613 g/mol. The van der Waals surface area contributed by atoms with Crippen LogP contribution < -0.4 is 24.4 Å². The molecule has 4 aromatic rings. The summed E-state index contributed by atoms with van der Waals surface area (Å²) >= 11 is 1.09. The van der Waals surface area contributed by atoms with Crippen LogP contribution in [0.5, 0.6) is 11.5 Å². The second kappa shape index (κ2) is 13.5. The van der Waals surface area contributed by atoms with Crippen molar-refractivity contribution in [1.82, 2.24) is 4.57 Å². The first-order valence-electron chi connectivity index (χ1n) is 14.1. The lowest BCUT2D eigenvalue weighted by molar-refractivity contribution is -0.385. The van der Waals surface area contributed by atoms with E-state index in [-0.39, 0.29) is 28.0 Å². The van der Waals surface area contributed by atoms with Gasteiger partial charge in [-0.3, -0.25) is 19.5 Å². The predicted molar refractivity (Wildman–Crippen MR) is 166 cm³/mol. The van der Waals surface area contributed by atoms with Crippen LogP contribution in [0.3, 0.4) is 0 Å². The molecule has 2 heterocycles. The number of nitro benzene ring substituents is 1. The Hall–Kier alpha value is -5.03. The summed E-state index contributed by atoms with van der Waals surface area (Å²) < 4.78 is 19.0. The molecule has 1 aliphatic heterocycles. The smallest absolute Gasteiger partial charge is 0.338 e. The zero-order valence-electron chi connectivity index (χ0n) is 24.5. The predicted octanol–water partition coefficient (Wildman–Crippen LogP) is 5.07. The number of hydrogen-bond donors (Lipinski definition) is 0. The number of esters is 1. The van der Waals surface area contributed by atoms with Crippen molar-refractivity contribution in [2.75, 3.05) is 13.7 Å². The number of carbonyl (C=O) groups excluding carboxylic acids is 1. The third-order valence-electron chi connectivity index (χ3n) is 7.13. The van der Waals surface area contributed by atoms with Gasteiger partial charge in [-0.15, -0.1) is 0 Å². The van der Waals surface area contributed by atoms with E-state index >= 15 is 0 Å². The average molecular weight is 614 g/mol. The Bertz CT molecular complexity index is 1910. The Kier molecular flexibility index (Phi) is 9.35. The molecule has 11 heteroatoms. The molecule has 1 aromatic heterocycles. The van der Waals surface area contributed by atoms with E-state index in [1.807, 2.05) is 30.3 Å². The van der Waals surface area contributed by atoms with E-state index in [9.17, 15) is 19.7 Å². The van der Waals surface area contributed by atoms with Gasteiger partial charge in [-0.1, -0.05) is 73.2 Å². The van der Waals surface area contributed by atoms with Crippen molar-refractivity contribution in [2.45, 2.75) is 39.3 Å². The van der Waals surface area contributed by atoms with Crippen molar-refractivity contribution in [3.05, 3.63) is 131 Å². The molecule has 0 aliphatic carbocycles. The molecule has 1 aliphatic rings. The van der Waals surface area contributed by atoms with Crippen LogP contribution in [0.4, 0.5) is 5.69 Å². The fourth-order valence-corrected chi connectivity index (χ4v) is 5.95. The highest BCUT2D eigenvalue weighted by Crippen LogP contribution is 2.36. The van der Waals surface area contributed by atoms with Crippen molar-refractivity contribution in [1.29, 1.82) is 0 Å². The number of carbonyl (C=O) groups is 1. The van der Waals surface area contributed by atoms with Gasteiger partial charge in [0.15, 0.2) is 16.3 Å². The fraction of sp³-hybridized carbons (Fsp3) is 0.242. The number of unbranched alkanes of at least 4 members (excludes halogenated alkanes) is 1. The molecule has 1 unspecified atom stereocenters. The Morgan fingerprint density at radius 1 is 1.09 bits per heavy atom. The number of nitrogens with zero attached hydrogens (tertiary/aromatic N) is 3. The van der Waals surface area contributed by atoms with Crippen molar-refractivity contribution in [3.63, 3.8) is 0 Å². The lowest BCUT2D eigenvalue weighted by Gasteiger charge is -2.25. The molecule has 5 rings (SSSR count). The molecule has 0 saturated carbocycles. The number of nitro groups is 1. The van der Waals surface area contributed by atoms with Crippen molar-refractivity contribution in [2.24, 2.45) is 4.99 Å². The summed E-state index contributed by atoms with van der Waals surface area (Å²) in [5, 5.41) is 11.6. The molecule has 44 heavy (non-hydrogen) atoms. The lowest BCUT2D eigenvalue weighted by atomic mass is 9.95. The first-order chi connectivity index (χ1) is 21.3. The summed E-state index contributed by atoms with van der Waals surface area (Å²) in [7, 11) is 1.53. The van der Waals surface area contributed by atoms with Gasteiger partial charge in [-0.05, 0) is 48.7 Å². The maximum absolute atomic E-state index is 14.0. The van der Waals surface area contributed by atoms with Crippen LogP contribution in [0, 0.1) is 10.1 Å². The SMILES string of the molecule is CCCCOc1ccc(C2C(C(=O)OCc3ccccc3)=C(C)N=c3sc(=Cc4ccccc4[N+](=O)[O-])c(=O)n32)cc1OC. The minimum Gasteiger partial charge on any atom is -0.493 e. The second-order valence-electron chi connectivity index (χ2n) is 10.1. The van der Waals surface area contributed by atoms with Gasteiger partial charge in [0.25, 0.3) is 11.2 Å². The summed E-state index contributed by atoms with van der Waals surface area (Å²) in [5.41, 5.74) is 1.71. The van der Waals surface area contributed by atoms with Crippen LogP contribution in [-0.2, 0) is 16.1 Å². The van der Waals surface area contributed by atoms with Gasteiger partial charge in [-0.2, -0.15) is 0 Å². The molecular formula is C33H31N3O7S. The standard InChI is InChI=1S/C33H31N3O7S/c1-4-5-17-42-26-16-15-24(18-27(26)41-3)30-29(32(38)43-20-22-11-7-6-8-12-22)21(2)34-33-35(30)31(37)28(44-33)19-23-13-9-10-14-25(23)36(39)40/h6-16,18-19,30H,4-5,17,20H2,1-3H3. The number of fused-ring (bicyclic) bond motifs is 1. The van der Waals surface area contributed by atoms with E-state index < -0.39 is 22.5 Å². The maximum Gasteiger partial charge on any atom is 0.338 e. The van der Waals surface area contributed by atoms with Gasteiger partial charge >= 0.3 is 5.97 Å². The van der Waals surface area contributed by atoms with Crippen LogP contribution in [0.1, 0.15) is 49.4 Å². The first-order valence-corrected chi connectivity index (χ1v) is 14.9. The van der Waals surface area contributed by atoms with Crippen LogP contribution in [0.2, 0.25) is 0 Å². The molecule has 3 aromatic carbocycles. The van der Waals surface area contributed by atoms with Gasteiger partial charge in [0.2, 0.25) is 0 Å². The number of ether oxygens (including phenoxy) is 3. The van der Waals surface area contributed by atoms with E-state index in [0.29, 0.717) is 34.2 Å². The maximum atomic E-state index is 14.0. The summed E-state index contributed by atoms with van der Waals surface area (Å²) in [6, 6.07) is 19.9.